The van der Waals surface area contributed by atoms with Crippen LogP contribution in [0.3, 0.4) is 0 Å². The second-order valence-corrected chi connectivity index (χ2v) is 21.3. The lowest BCUT2D eigenvalue weighted by Crippen LogP contribution is -2.62. The van der Waals surface area contributed by atoms with E-state index in [9.17, 15) is 29.1 Å². The molecule has 0 bridgehead atoms. The molecule has 5 saturated carbocycles. The van der Waals surface area contributed by atoms with Crippen molar-refractivity contribution < 1.29 is 29.1 Å². The number of fused-ring (bicyclic) bond motifs is 1. The van der Waals surface area contributed by atoms with Crippen LogP contribution >= 0.6 is 0 Å². The highest BCUT2D eigenvalue weighted by Gasteiger charge is 2.53. The van der Waals surface area contributed by atoms with Gasteiger partial charge in [0, 0.05) is 24.2 Å². The predicted octanol–water partition coefficient (Wildman–Crippen LogP) is 5.88. The Kier molecular flexibility index (Phi) is 14.5. The number of carbonyl (C=O) groups is 5. The molecule has 61 heavy (non-hydrogen) atoms. The molecule has 6 fully saturated rings. The summed E-state index contributed by atoms with van der Waals surface area (Å²) in [7, 11) is 0. The van der Waals surface area contributed by atoms with Gasteiger partial charge in [0.05, 0.1) is 17.9 Å². The van der Waals surface area contributed by atoms with E-state index in [1.165, 1.54) is 38.5 Å². The molecule has 1 aliphatic heterocycles. The van der Waals surface area contributed by atoms with Gasteiger partial charge in [0.2, 0.25) is 17.7 Å². The van der Waals surface area contributed by atoms with Gasteiger partial charge in [-0.2, -0.15) is 0 Å². The first-order chi connectivity index (χ1) is 29.2. The Morgan fingerprint density at radius 1 is 0.803 bits per heavy atom. The summed E-state index contributed by atoms with van der Waals surface area (Å²) < 4.78 is 0. The SMILES string of the molecule is CCC[C@H](NC(=O)[C@@H]1[C@H]2CCC[C@H]2CN1C(=O)[C@@H](NC(=O)[C@@H](NC(=O)c1cnc(C2(C)CCC(C3CCCCC3)C2)cn1)C1CCCCC1)C(C)(C)C)C(O)C(=O)NC1CC1. The van der Waals surface area contributed by atoms with Gasteiger partial charge in [-0.15, -0.1) is 0 Å². The Hall–Kier alpha value is -3.61. The van der Waals surface area contributed by atoms with E-state index in [0.717, 1.165) is 88.7 Å². The quantitative estimate of drug-likeness (QED) is 0.145. The first-order valence-electron chi connectivity index (χ1n) is 24.2. The van der Waals surface area contributed by atoms with Gasteiger partial charge in [-0.1, -0.05) is 98.8 Å². The number of nitrogens with one attached hydrogen (secondary N) is 4. The van der Waals surface area contributed by atoms with Crippen molar-refractivity contribution in [3.63, 3.8) is 0 Å². The first kappa shape index (κ1) is 45.4. The van der Waals surface area contributed by atoms with E-state index in [4.69, 9.17) is 4.98 Å². The van der Waals surface area contributed by atoms with Crippen LogP contribution in [0.15, 0.2) is 12.4 Å². The fourth-order valence-electron chi connectivity index (χ4n) is 11.9. The van der Waals surface area contributed by atoms with Gasteiger partial charge in [0.1, 0.15) is 23.8 Å². The van der Waals surface area contributed by atoms with Crippen LogP contribution in [0, 0.1) is 35.0 Å². The zero-order valence-electron chi connectivity index (χ0n) is 37.7. The van der Waals surface area contributed by atoms with Crippen molar-refractivity contribution in [3.8, 4) is 0 Å². The Morgan fingerprint density at radius 3 is 2.13 bits per heavy atom. The molecule has 2 heterocycles. The number of hydrogen-bond donors (Lipinski definition) is 5. The summed E-state index contributed by atoms with van der Waals surface area (Å²) >= 11 is 0. The van der Waals surface area contributed by atoms with Crippen LogP contribution in [-0.2, 0) is 24.6 Å². The number of likely N-dealkylation sites (tertiary alicyclic amines) is 1. The maximum atomic E-state index is 14.9. The summed E-state index contributed by atoms with van der Waals surface area (Å²) in [6.07, 6.45) is 22.0. The second-order valence-electron chi connectivity index (χ2n) is 21.3. The van der Waals surface area contributed by atoms with Crippen molar-refractivity contribution in [1.82, 2.24) is 36.1 Å². The fraction of sp³-hybridized carbons (Fsp3) is 0.812. The standard InChI is InChI=1S/C48H75N7O6/c1-6-14-35(40(56)45(60)51-33-21-22-33)52-44(59)39-34-20-13-19-32(34)28-55(39)46(61)41(47(2,3)4)54-43(58)38(30-17-11-8-12-18-30)53-42(57)36-26-50-37(27-49-36)48(5)24-23-31(25-48)29-15-9-7-10-16-29/h26-27,29-35,38-41,56H,6-25,28H2,1-5H3,(H,51,60)(H,52,59)(H,53,57)(H,54,58)/t31?,32-,34-,35-,38-,39-,40?,41+,48?/m0/s1. The lowest BCUT2D eigenvalue weighted by atomic mass is 9.76. The maximum absolute atomic E-state index is 14.9. The Morgan fingerprint density at radius 2 is 1.49 bits per heavy atom. The van der Waals surface area contributed by atoms with Gasteiger partial charge >= 0.3 is 0 Å². The van der Waals surface area contributed by atoms with E-state index in [0.29, 0.717) is 25.3 Å². The van der Waals surface area contributed by atoms with Crippen LogP contribution in [0.25, 0.3) is 0 Å². The van der Waals surface area contributed by atoms with E-state index in [1.807, 2.05) is 27.7 Å². The molecule has 1 saturated heterocycles. The molecular formula is C48H75N7O6. The van der Waals surface area contributed by atoms with Gasteiger partial charge in [0.15, 0.2) is 6.10 Å². The molecule has 5 N–H and O–H groups in total. The maximum Gasteiger partial charge on any atom is 0.272 e. The van der Waals surface area contributed by atoms with E-state index >= 15 is 0 Å². The molecule has 5 amide bonds. The molecule has 1 aromatic rings. The van der Waals surface area contributed by atoms with Gasteiger partial charge < -0.3 is 31.3 Å². The monoisotopic (exact) mass is 846 g/mol. The van der Waals surface area contributed by atoms with Crippen LogP contribution in [0.5, 0.6) is 0 Å². The summed E-state index contributed by atoms with van der Waals surface area (Å²) in [5.41, 5.74) is 0.286. The minimum Gasteiger partial charge on any atom is -0.381 e. The number of aliphatic hydroxyl groups is 1. The average Bonchev–Trinajstić information content (AvgIpc) is 3.60. The van der Waals surface area contributed by atoms with E-state index in [2.05, 4.69) is 33.2 Å². The van der Waals surface area contributed by atoms with Gasteiger partial charge in [-0.3, -0.25) is 29.0 Å². The van der Waals surface area contributed by atoms with Gasteiger partial charge in [-0.25, -0.2) is 4.98 Å². The van der Waals surface area contributed by atoms with Crippen molar-refractivity contribution in [2.45, 2.75) is 205 Å². The van der Waals surface area contributed by atoms with E-state index < -0.39 is 53.4 Å². The molecule has 5 aliphatic carbocycles. The molecular weight excluding hydrogens is 771 g/mol. The highest BCUT2D eigenvalue weighted by molar-refractivity contribution is 5.98. The van der Waals surface area contributed by atoms with Gasteiger partial charge in [0.25, 0.3) is 11.8 Å². The Bertz CT molecular complexity index is 1720. The van der Waals surface area contributed by atoms with E-state index in [1.54, 1.807) is 17.3 Å². The average molecular weight is 846 g/mol. The first-order valence-corrected chi connectivity index (χ1v) is 24.2. The second kappa shape index (κ2) is 19.4. The number of hydrogen-bond acceptors (Lipinski definition) is 8. The number of aliphatic hydroxyl groups excluding tert-OH is 1. The minimum atomic E-state index is -1.40. The molecule has 3 unspecified atom stereocenters. The number of aromatic nitrogens is 2. The Balaban J connectivity index is 1.05. The molecule has 0 radical (unpaired) electrons. The topological polar surface area (TPSA) is 183 Å². The van der Waals surface area contributed by atoms with Crippen LogP contribution in [0.2, 0.25) is 0 Å². The van der Waals surface area contributed by atoms with Crippen LogP contribution in [0.1, 0.15) is 179 Å². The molecule has 338 valence electrons. The van der Waals surface area contributed by atoms with Crippen molar-refractivity contribution in [2.75, 3.05) is 6.54 Å². The van der Waals surface area contributed by atoms with Crippen molar-refractivity contribution >= 4 is 29.5 Å². The number of rotatable bonds is 15. The number of amides is 5. The van der Waals surface area contributed by atoms with Crippen LogP contribution in [-0.4, -0.2) is 92.4 Å². The van der Waals surface area contributed by atoms with Crippen molar-refractivity contribution in [3.05, 3.63) is 23.8 Å². The molecule has 13 nitrogen and oxygen atoms in total. The summed E-state index contributed by atoms with van der Waals surface area (Å²) in [5, 5.41) is 23.1. The molecule has 13 heteroatoms. The smallest absolute Gasteiger partial charge is 0.272 e. The highest BCUT2D eigenvalue weighted by atomic mass is 16.3. The number of carbonyl (C=O) groups excluding carboxylic acids is 5. The van der Waals surface area contributed by atoms with E-state index in [-0.39, 0.29) is 46.7 Å². The molecule has 0 aromatic carbocycles. The Labute approximate surface area is 363 Å². The molecule has 1 aromatic heterocycles. The van der Waals surface area contributed by atoms with Crippen LogP contribution < -0.4 is 21.3 Å². The third-order valence-corrected chi connectivity index (χ3v) is 15.6. The minimum absolute atomic E-state index is 0.0590. The molecule has 0 spiro atoms. The fourth-order valence-corrected chi connectivity index (χ4v) is 11.9. The molecule has 7 rings (SSSR count). The van der Waals surface area contributed by atoms with Crippen molar-refractivity contribution in [1.29, 1.82) is 0 Å². The molecule has 9 atom stereocenters. The van der Waals surface area contributed by atoms with Crippen molar-refractivity contribution in [2.24, 2.45) is 35.0 Å². The largest absolute Gasteiger partial charge is 0.381 e. The predicted molar refractivity (Wildman–Crippen MR) is 233 cm³/mol. The van der Waals surface area contributed by atoms with Crippen LogP contribution in [0.4, 0.5) is 0 Å². The third kappa shape index (κ3) is 10.6. The van der Waals surface area contributed by atoms with Gasteiger partial charge in [-0.05, 0) is 99.2 Å². The summed E-state index contributed by atoms with van der Waals surface area (Å²) in [5.74, 6) is -0.590. The summed E-state index contributed by atoms with van der Waals surface area (Å²) in [4.78, 5) is 81.7. The lowest BCUT2D eigenvalue weighted by Gasteiger charge is -2.38. The zero-order chi connectivity index (χ0) is 43.5. The molecule has 6 aliphatic rings. The number of nitrogens with zero attached hydrogens (tertiary/aromatic N) is 3. The zero-order valence-corrected chi connectivity index (χ0v) is 37.7. The normalized spacial score (nSPS) is 29.2. The summed E-state index contributed by atoms with van der Waals surface area (Å²) in [6, 6.07) is -3.38. The lowest BCUT2D eigenvalue weighted by molar-refractivity contribution is -0.146. The summed E-state index contributed by atoms with van der Waals surface area (Å²) in [6.45, 7) is 10.3. The highest BCUT2D eigenvalue weighted by Crippen LogP contribution is 2.49. The third-order valence-electron chi connectivity index (χ3n) is 15.6.